The zero-order valence-electron chi connectivity index (χ0n) is 17.9. The third kappa shape index (κ3) is 5.38. The van der Waals surface area contributed by atoms with E-state index in [0.717, 1.165) is 36.3 Å². The number of allylic oxidation sites excluding steroid dienone is 3. The molecule has 0 bridgehead atoms. The minimum absolute atomic E-state index is 0.00601. The summed E-state index contributed by atoms with van der Waals surface area (Å²) in [4.78, 5) is 19.2. The van der Waals surface area contributed by atoms with Crippen molar-refractivity contribution in [2.45, 2.75) is 64.2 Å². The molecule has 0 aromatic carbocycles. The predicted octanol–water partition coefficient (Wildman–Crippen LogP) is 3.22. The second kappa shape index (κ2) is 9.28. The van der Waals surface area contributed by atoms with Gasteiger partial charge in [-0.05, 0) is 56.3 Å². The lowest BCUT2D eigenvalue weighted by Gasteiger charge is -2.37. The van der Waals surface area contributed by atoms with Gasteiger partial charge in [0.05, 0.1) is 24.6 Å². The number of aliphatic hydroxyl groups is 1. The Bertz CT molecular complexity index is 711. The first-order chi connectivity index (χ1) is 13.8. The van der Waals surface area contributed by atoms with Crippen LogP contribution in [0.4, 0.5) is 0 Å². The van der Waals surface area contributed by atoms with Crippen LogP contribution in [0.3, 0.4) is 0 Å². The molecule has 29 heavy (non-hydrogen) atoms. The predicted molar refractivity (Wildman–Crippen MR) is 112 cm³/mol. The van der Waals surface area contributed by atoms with Crippen molar-refractivity contribution in [1.29, 1.82) is 0 Å². The minimum Gasteiger partial charge on any atom is -0.498 e. The van der Waals surface area contributed by atoms with E-state index in [2.05, 4.69) is 12.4 Å². The fourth-order valence-corrected chi connectivity index (χ4v) is 4.00. The maximum Gasteiger partial charge on any atom is 0.246 e. The molecule has 2 fully saturated rings. The average molecular weight is 403 g/mol. The first-order valence-corrected chi connectivity index (χ1v) is 10.6. The van der Waals surface area contributed by atoms with Gasteiger partial charge in [-0.2, -0.15) is 5.48 Å². The van der Waals surface area contributed by atoms with Gasteiger partial charge >= 0.3 is 0 Å². The van der Waals surface area contributed by atoms with Crippen LogP contribution >= 0.6 is 0 Å². The van der Waals surface area contributed by atoms with E-state index < -0.39 is 5.60 Å². The number of carbonyl (C=O) groups excluding carboxylic acids is 1. The molecule has 0 spiro atoms. The Labute approximate surface area is 173 Å². The summed E-state index contributed by atoms with van der Waals surface area (Å²) in [6.45, 7) is 6.31. The number of hydrogen-bond donors (Lipinski definition) is 2. The Balaban J connectivity index is 1.68. The minimum atomic E-state index is -0.991. The Hall–Kier alpha value is -1.89. The van der Waals surface area contributed by atoms with Crippen molar-refractivity contribution >= 4 is 5.91 Å². The van der Waals surface area contributed by atoms with E-state index in [-0.39, 0.29) is 17.9 Å². The third-order valence-corrected chi connectivity index (χ3v) is 6.09. The molecule has 1 saturated carbocycles. The van der Waals surface area contributed by atoms with E-state index in [0.29, 0.717) is 12.7 Å². The van der Waals surface area contributed by atoms with Gasteiger partial charge in [-0.3, -0.25) is 4.79 Å². The van der Waals surface area contributed by atoms with Gasteiger partial charge in [0.15, 0.2) is 0 Å². The molecule has 6 nitrogen and oxygen atoms in total. The maximum atomic E-state index is 12.3. The van der Waals surface area contributed by atoms with E-state index in [9.17, 15) is 9.90 Å². The lowest BCUT2D eigenvalue weighted by molar-refractivity contribution is -0.141. The first-order valence-electron chi connectivity index (χ1n) is 10.6. The highest BCUT2D eigenvalue weighted by atomic mass is 16.6. The van der Waals surface area contributed by atoms with Crippen LogP contribution in [-0.4, -0.2) is 47.3 Å². The highest BCUT2D eigenvalue weighted by Crippen LogP contribution is 2.33. The van der Waals surface area contributed by atoms with Gasteiger partial charge in [-0.25, -0.2) is 0 Å². The van der Waals surface area contributed by atoms with Crippen LogP contribution in [0.2, 0.25) is 0 Å². The molecule has 2 N–H and O–H groups in total. The summed E-state index contributed by atoms with van der Waals surface area (Å²) < 4.78 is 5.76. The number of likely N-dealkylation sites (N-methyl/N-ethyl adjacent to an activating group) is 1. The van der Waals surface area contributed by atoms with Gasteiger partial charge in [0, 0.05) is 19.2 Å². The summed E-state index contributed by atoms with van der Waals surface area (Å²) in [6.07, 6.45) is 15.8. The lowest BCUT2D eigenvalue weighted by Crippen LogP contribution is -2.54. The monoisotopic (exact) mass is 402 g/mol. The molecule has 2 aliphatic heterocycles. The van der Waals surface area contributed by atoms with Gasteiger partial charge in [-0.1, -0.05) is 31.6 Å². The van der Waals surface area contributed by atoms with Gasteiger partial charge in [-0.15, -0.1) is 0 Å². The number of nitrogens with zero attached hydrogens (tertiary/aromatic N) is 1. The molecule has 0 aromatic heterocycles. The first kappa shape index (κ1) is 21.8. The Kier molecular flexibility index (Phi) is 6.98. The summed E-state index contributed by atoms with van der Waals surface area (Å²) in [5.41, 5.74) is 3.69. The largest absolute Gasteiger partial charge is 0.498 e. The molecule has 2 atom stereocenters. The molecule has 2 heterocycles. The molecule has 1 saturated heterocycles. The Morgan fingerprint density at radius 1 is 1.45 bits per heavy atom. The number of hydrogen-bond acceptors (Lipinski definition) is 5. The van der Waals surface area contributed by atoms with Crippen LogP contribution in [0.15, 0.2) is 47.9 Å². The number of rotatable bonds is 7. The van der Waals surface area contributed by atoms with Crippen LogP contribution in [0.25, 0.3) is 0 Å². The molecule has 0 aromatic rings. The summed E-state index contributed by atoms with van der Waals surface area (Å²) in [6, 6.07) is -0.365. The van der Waals surface area contributed by atoms with Crippen molar-refractivity contribution in [1.82, 2.24) is 10.4 Å². The summed E-state index contributed by atoms with van der Waals surface area (Å²) in [5, 5.41) is 10.6. The van der Waals surface area contributed by atoms with Crippen molar-refractivity contribution in [3.8, 4) is 0 Å². The summed E-state index contributed by atoms with van der Waals surface area (Å²) in [5.74, 6) is 0.873. The lowest BCUT2D eigenvalue weighted by atomic mass is 9.81. The number of amides is 1. The molecule has 3 rings (SSSR count). The average Bonchev–Trinajstić information content (AvgIpc) is 2.65. The second-order valence-electron chi connectivity index (χ2n) is 8.76. The molecule has 3 aliphatic rings. The number of carbonyl (C=O) groups is 1. The number of fused-ring (bicyclic) bond motifs is 1. The molecule has 6 heteroatoms. The summed E-state index contributed by atoms with van der Waals surface area (Å²) in [7, 11) is 1.75. The molecule has 2 unspecified atom stereocenters. The number of hydroxylamine groups is 1. The zero-order chi connectivity index (χ0) is 21.0. The van der Waals surface area contributed by atoms with Crippen molar-refractivity contribution in [2.75, 3.05) is 13.7 Å². The molecular weight excluding hydrogens is 368 g/mol. The van der Waals surface area contributed by atoms with Crippen LogP contribution in [0.5, 0.6) is 0 Å². The van der Waals surface area contributed by atoms with E-state index in [1.807, 2.05) is 30.5 Å². The SMILES string of the molecule is CCC1CC(O/C=C/C=C(\C=C\C2=CN(C)C(=O)C3NOCCC23)C(C)(C)O)C1. The highest BCUT2D eigenvalue weighted by molar-refractivity contribution is 5.85. The third-order valence-electron chi connectivity index (χ3n) is 6.09. The quantitative estimate of drug-likeness (QED) is 0.505. The fraction of sp³-hybridized carbons (Fsp3) is 0.609. The van der Waals surface area contributed by atoms with Crippen LogP contribution in [-0.2, 0) is 14.4 Å². The van der Waals surface area contributed by atoms with Gasteiger partial charge in [0.2, 0.25) is 5.91 Å². The molecule has 1 aliphatic carbocycles. The van der Waals surface area contributed by atoms with Gasteiger partial charge in [0.25, 0.3) is 0 Å². The molecule has 0 radical (unpaired) electrons. The fourth-order valence-electron chi connectivity index (χ4n) is 4.00. The Morgan fingerprint density at radius 3 is 2.90 bits per heavy atom. The maximum absolute atomic E-state index is 12.3. The standard InChI is InChI=1S/C23H34N2O4/c1-5-16-13-19(14-16)28-11-6-7-18(23(2,3)27)9-8-17-15-25(4)22(26)21-20(17)10-12-29-24-21/h6-9,11,15-16,19-21,24,27H,5,10,12-14H2,1-4H3/b9-8+,11-6+,18-7+. The molecule has 1 amide bonds. The van der Waals surface area contributed by atoms with E-state index in [1.165, 1.54) is 6.42 Å². The highest BCUT2D eigenvalue weighted by Gasteiger charge is 2.38. The normalized spacial score (nSPS) is 31.1. The van der Waals surface area contributed by atoms with Crippen molar-refractivity contribution < 1.29 is 19.5 Å². The van der Waals surface area contributed by atoms with E-state index >= 15 is 0 Å². The van der Waals surface area contributed by atoms with E-state index in [4.69, 9.17) is 9.57 Å². The number of ether oxygens (including phenoxy) is 1. The Morgan fingerprint density at radius 2 is 2.21 bits per heavy atom. The van der Waals surface area contributed by atoms with Crippen molar-refractivity contribution in [3.05, 3.63) is 47.9 Å². The second-order valence-corrected chi connectivity index (χ2v) is 8.76. The van der Waals surface area contributed by atoms with Crippen molar-refractivity contribution in [2.24, 2.45) is 11.8 Å². The van der Waals surface area contributed by atoms with Crippen LogP contribution < -0.4 is 5.48 Å². The summed E-state index contributed by atoms with van der Waals surface area (Å²) >= 11 is 0. The zero-order valence-corrected chi connectivity index (χ0v) is 17.9. The van der Waals surface area contributed by atoms with Gasteiger partial charge < -0.3 is 19.6 Å². The smallest absolute Gasteiger partial charge is 0.246 e. The van der Waals surface area contributed by atoms with Crippen LogP contribution in [0.1, 0.15) is 46.5 Å². The number of nitrogens with one attached hydrogen (secondary N) is 1. The molecular formula is C23H34N2O4. The van der Waals surface area contributed by atoms with Crippen molar-refractivity contribution in [3.63, 3.8) is 0 Å². The van der Waals surface area contributed by atoms with Crippen LogP contribution in [0, 0.1) is 11.8 Å². The topological polar surface area (TPSA) is 71.0 Å². The molecule has 160 valence electrons. The van der Waals surface area contributed by atoms with E-state index in [1.54, 1.807) is 32.1 Å². The van der Waals surface area contributed by atoms with Gasteiger partial charge in [0.1, 0.15) is 6.04 Å².